The summed E-state index contributed by atoms with van der Waals surface area (Å²) in [6.45, 7) is 10.3. The fraction of sp³-hybridized carbons (Fsp3) is 0.947. The monoisotopic (exact) mass is 339 g/mol. The molecule has 5 nitrogen and oxygen atoms in total. The Hall–Kier alpha value is -0.810. The Kier molecular flexibility index (Phi) is 7.35. The van der Waals surface area contributed by atoms with E-state index in [0.29, 0.717) is 12.0 Å². The summed E-state index contributed by atoms with van der Waals surface area (Å²) in [5.74, 6) is 1.93. The van der Waals surface area contributed by atoms with Crippen molar-refractivity contribution in [3.8, 4) is 0 Å². The van der Waals surface area contributed by atoms with Crippen LogP contribution in [0.25, 0.3) is 0 Å². The van der Waals surface area contributed by atoms with Crippen LogP contribution in [0.15, 0.2) is 0 Å². The van der Waals surface area contributed by atoms with E-state index in [0.717, 1.165) is 57.2 Å². The van der Waals surface area contributed by atoms with Crippen molar-refractivity contribution in [1.82, 2.24) is 15.1 Å². The van der Waals surface area contributed by atoms with E-state index in [-0.39, 0.29) is 18.7 Å². The molecule has 0 aromatic carbocycles. The summed E-state index contributed by atoms with van der Waals surface area (Å²) in [4.78, 5) is 16.9. The van der Waals surface area contributed by atoms with Crippen molar-refractivity contribution in [2.24, 2.45) is 17.8 Å². The molecular formula is C19H37N3O2. The first-order valence-corrected chi connectivity index (χ1v) is 9.75. The van der Waals surface area contributed by atoms with Gasteiger partial charge in [-0.05, 0) is 56.8 Å². The second kappa shape index (κ2) is 9.04. The van der Waals surface area contributed by atoms with E-state index in [2.05, 4.69) is 31.0 Å². The van der Waals surface area contributed by atoms with E-state index < -0.39 is 0 Å². The zero-order chi connectivity index (χ0) is 17.7. The van der Waals surface area contributed by atoms with Gasteiger partial charge in [-0.15, -0.1) is 0 Å². The molecule has 0 radical (unpaired) electrons. The quantitative estimate of drug-likeness (QED) is 0.809. The molecule has 1 saturated heterocycles. The van der Waals surface area contributed by atoms with Crippen molar-refractivity contribution in [1.29, 1.82) is 0 Å². The molecule has 2 N–H and O–H groups in total. The molecule has 1 aliphatic carbocycles. The lowest BCUT2D eigenvalue weighted by atomic mass is 9.86. The number of amides is 2. The van der Waals surface area contributed by atoms with Crippen LogP contribution in [0.1, 0.15) is 52.9 Å². The van der Waals surface area contributed by atoms with Gasteiger partial charge in [0.25, 0.3) is 0 Å². The van der Waals surface area contributed by atoms with Gasteiger partial charge in [-0.2, -0.15) is 0 Å². The summed E-state index contributed by atoms with van der Waals surface area (Å²) in [5.41, 5.74) is 0. The highest BCUT2D eigenvalue weighted by Crippen LogP contribution is 2.26. The minimum Gasteiger partial charge on any atom is -0.396 e. The molecule has 3 unspecified atom stereocenters. The second-order valence-corrected chi connectivity index (χ2v) is 8.48. The van der Waals surface area contributed by atoms with E-state index in [1.54, 1.807) is 0 Å². The molecule has 0 bridgehead atoms. The van der Waals surface area contributed by atoms with Crippen molar-refractivity contribution in [3.05, 3.63) is 0 Å². The molecule has 5 heteroatoms. The first kappa shape index (κ1) is 19.5. The van der Waals surface area contributed by atoms with Crippen LogP contribution in [0.3, 0.4) is 0 Å². The molecular weight excluding hydrogens is 302 g/mol. The van der Waals surface area contributed by atoms with Crippen molar-refractivity contribution < 1.29 is 9.90 Å². The third kappa shape index (κ3) is 5.62. The molecule has 24 heavy (non-hydrogen) atoms. The Morgan fingerprint density at radius 3 is 2.33 bits per heavy atom. The average Bonchev–Trinajstić information content (AvgIpc) is 2.53. The first-order chi connectivity index (χ1) is 11.4. The average molecular weight is 340 g/mol. The summed E-state index contributed by atoms with van der Waals surface area (Å²) >= 11 is 0. The van der Waals surface area contributed by atoms with E-state index in [9.17, 15) is 9.90 Å². The number of carbonyl (C=O) groups excluding carboxylic acids is 1. The molecule has 3 atom stereocenters. The summed E-state index contributed by atoms with van der Waals surface area (Å²) in [6, 6.07) is 0.536. The van der Waals surface area contributed by atoms with Crippen LogP contribution in [0.4, 0.5) is 4.79 Å². The smallest absolute Gasteiger partial charge is 0.317 e. The molecule has 0 spiro atoms. The Bertz CT molecular complexity index is 386. The third-order valence-electron chi connectivity index (χ3n) is 5.79. The van der Waals surface area contributed by atoms with Crippen LogP contribution in [0, 0.1) is 17.8 Å². The lowest BCUT2D eigenvalue weighted by molar-refractivity contribution is 0.120. The highest BCUT2D eigenvalue weighted by molar-refractivity contribution is 5.74. The van der Waals surface area contributed by atoms with Gasteiger partial charge < -0.3 is 20.2 Å². The molecule has 2 amide bonds. The minimum absolute atomic E-state index is 0.0491. The molecule has 2 aliphatic rings. The highest BCUT2D eigenvalue weighted by atomic mass is 16.3. The summed E-state index contributed by atoms with van der Waals surface area (Å²) in [6.07, 6.45) is 5.38. The number of aliphatic hydroxyl groups is 1. The van der Waals surface area contributed by atoms with Gasteiger partial charge in [0.1, 0.15) is 0 Å². The number of hydrogen-bond acceptors (Lipinski definition) is 3. The SMILES string of the molecule is CC1CC(C)CN(CC(C)NC(=O)N(C)C2CCC(CO)CC2)C1. The third-order valence-corrected chi connectivity index (χ3v) is 5.79. The lowest BCUT2D eigenvalue weighted by Gasteiger charge is -2.37. The molecule has 0 aromatic rings. The van der Waals surface area contributed by atoms with E-state index in [4.69, 9.17) is 0 Å². The normalized spacial score (nSPS) is 33.0. The number of hydrogen-bond donors (Lipinski definition) is 2. The number of piperidine rings is 1. The standard InChI is InChI=1S/C19H37N3O2/c1-14-9-15(2)11-22(10-14)12-16(3)20-19(24)21(4)18-7-5-17(13-23)6-8-18/h14-18,23H,5-13H2,1-4H3,(H,20,24). The Balaban J connectivity index is 1.74. The van der Waals surface area contributed by atoms with E-state index in [1.807, 2.05) is 11.9 Å². The predicted octanol–water partition coefficient (Wildman–Crippen LogP) is 2.55. The molecule has 140 valence electrons. The van der Waals surface area contributed by atoms with Crippen LogP contribution in [-0.4, -0.2) is 66.3 Å². The van der Waals surface area contributed by atoms with E-state index >= 15 is 0 Å². The van der Waals surface area contributed by atoms with Gasteiger partial charge in [0.2, 0.25) is 0 Å². The molecule has 1 aliphatic heterocycles. The number of rotatable bonds is 5. The maximum Gasteiger partial charge on any atom is 0.317 e. The number of nitrogens with zero attached hydrogens (tertiary/aromatic N) is 2. The van der Waals surface area contributed by atoms with Gasteiger partial charge in [0, 0.05) is 45.4 Å². The molecule has 1 saturated carbocycles. The number of urea groups is 1. The minimum atomic E-state index is 0.0491. The van der Waals surface area contributed by atoms with Crippen LogP contribution in [-0.2, 0) is 0 Å². The Morgan fingerprint density at radius 2 is 1.79 bits per heavy atom. The lowest BCUT2D eigenvalue weighted by Crippen LogP contribution is -2.51. The van der Waals surface area contributed by atoms with Gasteiger partial charge >= 0.3 is 6.03 Å². The molecule has 2 fully saturated rings. The highest BCUT2D eigenvalue weighted by Gasteiger charge is 2.28. The van der Waals surface area contributed by atoms with Gasteiger partial charge in [-0.25, -0.2) is 4.79 Å². The van der Waals surface area contributed by atoms with E-state index in [1.165, 1.54) is 6.42 Å². The van der Waals surface area contributed by atoms with Gasteiger partial charge in [0.15, 0.2) is 0 Å². The van der Waals surface area contributed by atoms with Gasteiger partial charge in [-0.3, -0.25) is 0 Å². The zero-order valence-electron chi connectivity index (χ0n) is 16.0. The Labute approximate surface area is 147 Å². The van der Waals surface area contributed by atoms with Crippen molar-refractivity contribution >= 4 is 6.03 Å². The van der Waals surface area contributed by atoms with Gasteiger partial charge in [-0.1, -0.05) is 13.8 Å². The van der Waals surface area contributed by atoms with Crippen molar-refractivity contribution in [2.45, 2.75) is 65.0 Å². The predicted molar refractivity (Wildman–Crippen MR) is 98.0 cm³/mol. The number of carbonyl (C=O) groups is 1. The maximum absolute atomic E-state index is 12.5. The summed E-state index contributed by atoms with van der Waals surface area (Å²) in [7, 11) is 1.91. The number of aliphatic hydroxyl groups excluding tert-OH is 1. The zero-order valence-corrected chi connectivity index (χ0v) is 16.0. The van der Waals surface area contributed by atoms with Crippen LogP contribution in [0.5, 0.6) is 0 Å². The van der Waals surface area contributed by atoms with Crippen LogP contribution >= 0.6 is 0 Å². The molecule has 0 aromatic heterocycles. The summed E-state index contributed by atoms with van der Waals surface area (Å²) in [5, 5.41) is 12.4. The van der Waals surface area contributed by atoms with Gasteiger partial charge in [0.05, 0.1) is 0 Å². The fourth-order valence-electron chi connectivity index (χ4n) is 4.57. The van der Waals surface area contributed by atoms with Crippen molar-refractivity contribution in [2.75, 3.05) is 33.3 Å². The van der Waals surface area contributed by atoms with Crippen LogP contribution < -0.4 is 5.32 Å². The molecule has 1 heterocycles. The second-order valence-electron chi connectivity index (χ2n) is 8.48. The fourth-order valence-corrected chi connectivity index (χ4v) is 4.57. The topological polar surface area (TPSA) is 55.8 Å². The molecule has 2 rings (SSSR count). The summed E-state index contributed by atoms with van der Waals surface area (Å²) < 4.78 is 0. The largest absolute Gasteiger partial charge is 0.396 e. The maximum atomic E-state index is 12.5. The Morgan fingerprint density at radius 1 is 1.21 bits per heavy atom. The van der Waals surface area contributed by atoms with Crippen LogP contribution in [0.2, 0.25) is 0 Å². The van der Waals surface area contributed by atoms with Crippen molar-refractivity contribution in [3.63, 3.8) is 0 Å². The number of nitrogens with one attached hydrogen (secondary N) is 1. The number of likely N-dealkylation sites (tertiary alicyclic amines) is 1. The first-order valence-electron chi connectivity index (χ1n) is 9.75.